The highest BCUT2D eigenvalue weighted by molar-refractivity contribution is 7.89. The van der Waals surface area contributed by atoms with Gasteiger partial charge in [-0.25, -0.2) is 13.1 Å². The van der Waals surface area contributed by atoms with Crippen LogP contribution in [0.25, 0.3) is 0 Å². The van der Waals surface area contributed by atoms with Crippen LogP contribution in [0.15, 0.2) is 34.0 Å². The average Bonchev–Trinajstić information content (AvgIpc) is 3.05. The van der Waals surface area contributed by atoms with E-state index in [9.17, 15) is 13.2 Å². The maximum atomic E-state index is 11.8. The van der Waals surface area contributed by atoms with Gasteiger partial charge in [-0.1, -0.05) is 5.21 Å². The van der Waals surface area contributed by atoms with Crippen molar-refractivity contribution in [2.75, 3.05) is 6.54 Å². The summed E-state index contributed by atoms with van der Waals surface area (Å²) in [6.07, 6.45) is 4.25. The fourth-order valence-electron chi connectivity index (χ4n) is 1.41. The topological polar surface area (TPSA) is 107 Å². The summed E-state index contributed by atoms with van der Waals surface area (Å²) in [4.78, 5) is 10.4. The highest BCUT2D eigenvalue weighted by Crippen LogP contribution is 2.12. The van der Waals surface area contributed by atoms with Crippen molar-refractivity contribution in [1.29, 1.82) is 0 Å². The molecule has 0 unspecified atom stereocenters. The van der Waals surface area contributed by atoms with Crippen LogP contribution in [0, 0.1) is 0 Å². The molecular weight excluding hydrogens is 272 g/mol. The molecule has 9 heteroatoms. The molecule has 0 aliphatic heterocycles. The average molecular weight is 284 g/mol. The third-order valence-corrected chi connectivity index (χ3v) is 3.64. The Morgan fingerprint density at radius 2 is 2.26 bits per heavy atom. The molecule has 2 rings (SSSR count). The van der Waals surface area contributed by atoms with Gasteiger partial charge in [-0.05, 0) is 18.6 Å². The van der Waals surface area contributed by atoms with Crippen LogP contribution in [0.5, 0.6) is 0 Å². The Bertz CT molecular complexity index is 632. The number of aldehydes is 1. The molecule has 0 fully saturated rings. The lowest BCUT2D eigenvalue weighted by Gasteiger charge is -2.03. The summed E-state index contributed by atoms with van der Waals surface area (Å²) in [6.45, 7) is 0.791. The van der Waals surface area contributed by atoms with Gasteiger partial charge in [0.05, 0.1) is 6.20 Å². The number of rotatable bonds is 7. The zero-order valence-corrected chi connectivity index (χ0v) is 10.7. The minimum Gasteiger partial charge on any atom is -0.440 e. The largest absolute Gasteiger partial charge is 0.440 e. The first-order valence-electron chi connectivity index (χ1n) is 5.50. The molecular formula is C10H12N4O4S. The van der Waals surface area contributed by atoms with Crippen molar-refractivity contribution in [1.82, 2.24) is 19.7 Å². The Balaban J connectivity index is 1.85. The summed E-state index contributed by atoms with van der Waals surface area (Å²) >= 11 is 0. The zero-order valence-electron chi connectivity index (χ0n) is 9.89. The summed E-state index contributed by atoms with van der Waals surface area (Å²) < 4.78 is 32.4. The third kappa shape index (κ3) is 3.48. The van der Waals surface area contributed by atoms with Gasteiger partial charge in [0.1, 0.15) is 0 Å². The van der Waals surface area contributed by atoms with Gasteiger partial charge in [-0.2, -0.15) is 0 Å². The standard InChI is InChI=1S/C10H12N4O4S/c15-8-9-2-3-10(18-9)19(16,17)12-4-1-6-14-7-5-11-13-14/h2-3,5,7-8,12H,1,4,6H2. The van der Waals surface area contributed by atoms with E-state index >= 15 is 0 Å². The van der Waals surface area contributed by atoms with Gasteiger partial charge < -0.3 is 4.42 Å². The quantitative estimate of drug-likeness (QED) is 0.568. The Morgan fingerprint density at radius 1 is 1.42 bits per heavy atom. The zero-order chi connectivity index (χ0) is 13.7. The molecule has 0 aliphatic carbocycles. The van der Waals surface area contributed by atoms with Crippen LogP contribution >= 0.6 is 0 Å². The molecule has 0 radical (unpaired) electrons. The molecule has 2 aromatic heterocycles. The van der Waals surface area contributed by atoms with Crippen molar-refractivity contribution in [2.45, 2.75) is 18.1 Å². The molecule has 2 aromatic rings. The maximum absolute atomic E-state index is 11.8. The molecule has 1 N–H and O–H groups in total. The minimum atomic E-state index is -3.71. The number of aromatic nitrogens is 3. The molecule has 0 aromatic carbocycles. The first-order valence-corrected chi connectivity index (χ1v) is 6.99. The van der Waals surface area contributed by atoms with Gasteiger partial charge in [-0.15, -0.1) is 5.10 Å². The summed E-state index contributed by atoms with van der Waals surface area (Å²) in [5.41, 5.74) is 0. The number of carbonyl (C=O) groups excluding carboxylic acids is 1. The van der Waals surface area contributed by atoms with E-state index in [-0.39, 0.29) is 17.4 Å². The monoisotopic (exact) mass is 284 g/mol. The van der Waals surface area contributed by atoms with E-state index in [1.54, 1.807) is 17.1 Å². The van der Waals surface area contributed by atoms with Crippen LogP contribution in [0.2, 0.25) is 0 Å². The van der Waals surface area contributed by atoms with Crippen molar-refractivity contribution in [2.24, 2.45) is 0 Å². The molecule has 0 bridgehead atoms. The Labute approximate surface area is 109 Å². The van der Waals surface area contributed by atoms with Gasteiger partial charge in [0.2, 0.25) is 5.09 Å². The number of aryl methyl sites for hydroxylation is 1. The van der Waals surface area contributed by atoms with E-state index in [1.165, 1.54) is 12.1 Å². The number of furan rings is 1. The molecule has 8 nitrogen and oxygen atoms in total. The van der Waals surface area contributed by atoms with Crippen LogP contribution < -0.4 is 4.72 Å². The lowest BCUT2D eigenvalue weighted by atomic mass is 10.4. The molecule has 0 aliphatic rings. The molecule has 0 saturated carbocycles. The predicted octanol–water partition coefficient (Wildman–Crippen LogP) is 0.0522. The van der Waals surface area contributed by atoms with Crippen molar-refractivity contribution >= 4 is 16.3 Å². The lowest BCUT2D eigenvalue weighted by molar-refractivity contribution is 0.109. The maximum Gasteiger partial charge on any atom is 0.273 e. The van der Waals surface area contributed by atoms with E-state index in [4.69, 9.17) is 4.42 Å². The summed E-state index contributed by atoms with van der Waals surface area (Å²) in [7, 11) is -3.71. The number of carbonyl (C=O) groups is 1. The predicted molar refractivity (Wildman–Crippen MR) is 63.9 cm³/mol. The molecule has 0 spiro atoms. The Morgan fingerprint density at radius 3 is 2.89 bits per heavy atom. The van der Waals surface area contributed by atoms with Crippen LogP contribution in [0.4, 0.5) is 0 Å². The fraction of sp³-hybridized carbons (Fsp3) is 0.300. The normalized spacial score (nSPS) is 11.6. The van der Waals surface area contributed by atoms with Crippen LogP contribution in [-0.4, -0.2) is 36.2 Å². The fourth-order valence-corrected chi connectivity index (χ4v) is 2.42. The molecule has 19 heavy (non-hydrogen) atoms. The molecule has 0 atom stereocenters. The van der Waals surface area contributed by atoms with E-state index in [0.29, 0.717) is 19.3 Å². The second-order valence-corrected chi connectivity index (χ2v) is 5.39. The summed E-state index contributed by atoms with van der Waals surface area (Å²) in [5.74, 6) is -0.0250. The van der Waals surface area contributed by atoms with E-state index in [2.05, 4.69) is 15.0 Å². The highest BCUT2D eigenvalue weighted by Gasteiger charge is 2.17. The van der Waals surface area contributed by atoms with Crippen molar-refractivity contribution in [3.05, 3.63) is 30.3 Å². The second-order valence-electron chi connectivity index (χ2n) is 3.69. The smallest absolute Gasteiger partial charge is 0.273 e. The third-order valence-electron chi connectivity index (χ3n) is 2.31. The van der Waals surface area contributed by atoms with Crippen LogP contribution in [-0.2, 0) is 16.6 Å². The van der Waals surface area contributed by atoms with Crippen LogP contribution in [0.1, 0.15) is 17.0 Å². The summed E-state index contributed by atoms with van der Waals surface area (Å²) in [5, 5.41) is 7.12. The van der Waals surface area contributed by atoms with Crippen molar-refractivity contribution in [3.63, 3.8) is 0 Å². The SMILES string of the molecule is O=Cc1ccc(S(=O)(=O)NCCCn2ccnn2)o1. The Hall–Kier alpha value is -2.00. The number of hydrogen-bond donors (Lipinski definition) is 1. The number of sulfonamides is 1. The number of nitrogens with zero attached hydrogens (tertiary/aromatic N) is 3. The van der Waals surface area contributed by atoms with Crippen LogP contribution in [0.3, 0.4) is 0 Å². The van der Waals surface area contributed by atoms with E-state index in [0.717, 1.165) is 0 Å². The van der Waals surface area contributed by atoms with E-state index in [1.807, 2.05) is 0 Å². The second kappa shape index (κ2) is 5.76. The lowest BCUT2D eigenvalue weighted by Crippen LogP contribution is -2.25. The molecule has 102 valence electrons. The van der Waals surface area contributed by atoms with Crippen molar-refractivity contribution in [3.8, 4) is 0 Å². The van der Waals surface area contributed by atoms with Gasteiger partial charge in [0.15, 0.2) is 12.0 Å². The van der Waals surface area contributed by atoms with Gasteiger partial charge >= 0.3 is 0 Å². The molecule has 0 saturated heterocycles. The van der Waals surface area contributed by atoms with E-state index < -0.39 is 10.0 Å². The minimum absolute atomic E-state index is 0.0250. The van der Waals surface area contributed by atoms with Gasteiger partial charge in [0, 0.05) is 19.3 Å². The van der Waals surface area contributed by atoms with Crippen molar-refractivity contribution < 1.29 is 17.6 Å². The number of hydrogen-bond acceptors (Lipinski definition) is 6. The van der Waals surface area contributed by atoms with Gasteiger partial charge in [0.25, 0.3) is 10.0 Å². The van der Waals surface area contributed by atoms with Gasteiger partial charge in [-0.3, -0.25) is 9.48 Å². The first kappa shape index (κ1) is 13.4. The molecule has 2 heterocycles. The number of nitrogens with one attached hydrogen (secondary N) is 1. The first-order chi connectivity index (χ1) is 9.12. The Kier molecular flexibility index (Phi) is 4.07. The molecule has 0 amide bonds. The summed E-state index contributed by atoms with van der Waals surface area (Å²) in [6, 6.07) is 2.54. The highest BCUT2D eigenvalue weighted by atomic mass is 32.2.